The van der Waals surface area contributed by atoms with Gasteiger partial charge in [0.1, 0.15) is 5.82 Å². The number of benzene rings is 2. The Hall–Kier alpha value is -2.05. The summed E-state index contributed by atoms with van der Waals surface area (Å²) < 4.78 is 39.7. The van der Waals surface area contributed by atoms with Crippen molar-refractivity contribution in [3.8, 4) is 0 Å². The fourth-order valence-electron chi connectivity index (χ4n) is 2.97. The van der Waals surface area contributed by atoms with Crippen LogP contribution in [0.3, 0.4) is 0 Å². The van der Waals surface area contributed by atoms with Gasteiger partial charge in [-0.2, -0.15) is 4.31 Å². The molecule has 24 heavy (non-hydrogen) atoms. The van der Waals surface area contributed by atoms with Crippen molar-refractivity contribution in [3.05, 3.63) is 66.0 Å². The van der Waals surface area contributed by atoms with Gasteiger partial charge < -0.3 is 0 Å². The molecular weight excluding hydrogens is 329 g/mol. The van der Waals surface area contributed by atoms with Crippen LogP contribution in [0.25, 0.3) is 0 Å². The summed E-state index contributed by atoms with van der Waals surface area (Å²) in [4.78, 5) is 12.6. The van der Waals surface area contributed by atoms with Crippen molar-refractivity contribution in [3.63, 3.8) is 0 Å². The minimum absolute atomic E-state index is 0.0328. The second kappa shape index (κ2) is 6.83. The van der Waals surface area contributed by atoms with Crippen molar-refractivity contribution in [2.45, 2.75) is 17.7 Å². The number of ketones is 1. The maximum absolute atomic E-state index is 13.0. The molecule has 6 heteroatoms. The number of piperidine rings is 1. The third kappa shape index (κ3) is 3.39. The number of halogens is 1. The number of rotatable bonds is 4. The third-order valence-corrected chi connectivity index (χ3v) is 6.14. The van der Waals surface area contributed by atoms with Gasteiger partial charge in [0.2, 0.25) is 10.0 Å². The molecule has 1 aliphatic heterocycles. The van der Waals surface area contributed by atoms with Gasteiger partial charge in [0.25, 0.3) is 0 Å². The van der Waals surface area contributed by atoms with E-state index >= 15 is 0 Å². The van der Waals surface area contributed by atoms with Crippen molar-refractivity contribution >= 4 is 15.8 Å². The van der Waals surface area contributed by atoms with Crippen LogP contribution in [0.15, 0.2) is 59.5 Å². The molecular formula is C18H18FNO3S. The highest BCUT2D eigenvalue weighted by atomic mass is 32.2. The van der Waals surface area contributed by atoms with E-state index in [2.05, 4.69) is 0 Å². The summed E-state index contributed by atoms with van der Waals surface area (Å²) in [5.74, 6) is -0.865. The summed E-state index contributed by atoms with van der Waals surface area (Å²) in [6.07, 6.45) is 1.30. The molecule has 1 atom stereocenters. The molecule has 0 amide bonds. The largest absolute Gasteiger partial charge is 0.294 e. The Labute approximate surface area is 141 Å². The number of sulfonamides is 1. The van der Waals surface area contributed by atoms with E-state index in [4.69, 9.17) is 0 Å². The van der Waals surface area contributed by atoms with Crippen molar-refractivity contribution in [1.82, 2.24) is 4.31 Å². The Morgan fingerprint density at radius 2 is 1.71 bits per heavy atom. The lowest BCUT2D eigenvalue weighted by atomic mass is 9.91. The minimum Gasteiger partial charge on any atom is -0.294 e. The molecule has 0 bridgehead atoms. The average molecular weight is 347 g/mol. The molecule has 0 saturated carbocycles. The normalized spacial score (nSPS) is 19.1. The zero-order valence-corrected chi connectivity index (χ0v) is 13.9. The number of hydrogen-bond donors (Lipinski definition) is 0. The molecule has 2 aromatic carbocycles. The lowest BCUT2D eigenvalue weighted by Gasteiger charge is -2.31. The van der Waals surface area contributed by atoms with Crippen molar-refractivity contribution in [2.75, 3.05) is 13.1 Å². The zero-order chi connectivity index (χ0) is 17.2. The number of nitrogens with zero attached hydrogens (tertiary/aromatic N) is 1. The summed E-state index contributed by atoms with van der Waals surface area (Å²) >= 11 is 0. The summed E-state index contributed by atoms with van der Waals surface area (Å²) in [7, 11) is -3.71. The van der Waals surface area contributed by atoms with Gasteiger partial charge in [-0.1, -0.05) is 30.3 Å². The molecule has 0 N–H and O–H groups in total. The van der Waals surface area contributed by atoms with Crippen LogP contribution in [0.5, 0.6) is 0 Å². The zero-order valence-electron chi connectivity index (χ0n) is 13.1. The van der Waals surface area contributed by atoms with E-state index in [-0.39, 0.29) is 23.1 Å². The Kier molecular flexibility index (Phi) is 4.78. The third-order valence-electron chi connectivity index (χ3n) is 4.26. The molecule has 4 nitrogen and oxygen atoms in total. The Balaban J connectivity index is 1.80. The highest BCUT2D eigenvalue weighted by Gasteiger charge is 2.33. The van der Waals surface area contributed by atoms with Crippen LogP contribution < -0.4 is 0 Å². The van der Waals surface area contributed by atoms with Crippen LogP contribution in [0.4, 0.5) is 4.39 Å². The summed E-state index contributed by atoms with van der Waals surface area (Å²) in [6.45, 7) is 0.533. The van der Waals surface area contributed by atoms with Gasteiger partial charge in [0.05, 0.1) is 4.90 Å². The molecule has 1 saturated heterocycles. The fourth-order valence-corrected chi connectivity index (χ4v) is 4.49. The minimum atomic E-state index is -3.71. The predicted octanol–water partition coefficient (Wildman–Crippen LogP) is 3.11. The van der Waals surface area contributed by atoms with Gasteiger partial charge in [-0.05, 0) is 37.1 Å². The van der Waals surface area contributed by atoms with Gasteiger partial charge in [0.15, 0.2) is 5.78 Å². The van der Waals surface area contributed by atoms with Crippen LogP contribution >= 0.6 is 0 Å². The molecule has 126 valence electrons. The van der Waals surface area contributed by atoms with Gasteiger partial charge >= 0.3 is 0 Å². The van der Waals surface area contributed by atoms with Crippen LogP contribution in [-0.2, 0) is 10.0 Å². The molecule has 2 aromatic rings. The first-order valence-corrected chi connectivity index (χ1v) is 9.27. The van der Waals surface area contributed by atoms with Crippen LogP contribution in [0.2, 0.25) is 0 Å². The smallest absolute Gasteiger partial charge is 0.243 e. The lowest BCUT2D eigenvalue weighted by Crippen LogP contribution is -2.42. The second-order valence-electron chi connectivity index (χ2n) is 5.89. The Bertz CT molecular complexity index is 819. The Morgan fingerprint density at radius 1 is 1.04 bits per heavy atom. The van der Waals surface area contributed by atoms with Crippen LogP contribution in [0, 0.1) is 11.7 Å². The summed E-state index contributed by atoms with van der Waals surface area (Å²) in [5.41, 5.74) is 0.600. The van der Waals surface area contributed by atoms with Gasteiger partial charge in [-0.3, -0.25) is 4.79 Å². The van der Waals surface area contributed by atoms with E-state index in [0.717, 1.165) is 12.1 Å². The quantitative estimate of drug-likeness (QED) is 0.799. The van der Waals surface area contributed by atoms with Crippen LogP contribution in [0.1, 0.15) is 23.2 Å². The van der Waals surface area contributed by atoms with Gasteiger partial charge in [-0.15, -0.1) is 0 Å². The molecule has 0 spiro atoms. The molecule has 3 rings (SSSR count). The highest BCUT2D eigenvalue weighted by molar-refractivity contribution is 7.89. The van der Waals surface area contributed by atoms with Crippen molar-refractivity contribution in [2.24, 2.45) is 5.92 Å². The van der Waals surface area contributed by atoms with E-state index in [0.29, 0.717) is 24.9 Å². The average Bonchev–Trinajstić information content (AvgIpc) is 2.62. The van der Waals surface area contributed by atoms with E-state index < -0.39 is 15.8 Å². The van der Waals surface area contributed by atoms with Gasteiger partial charge in [0, 0.05) is 24.6 Å². The van der Waals surface area contributed by atoms with Crippen LogP contribution in [-0.4, -0.2) is 31.6 Å². The molecule has 0 aliphatic carbocycles. The van der Waals surface area contributed by atoms with Gasteiger partial charge in [-0.25, -0.2) is 12.8 Å². The van der Waals surface area contributed by atoms with Crippen molar-refractivity contribution < 1.29 is 17.6 Å². The number of carbonyl (C=O) groups is 1. The van der Waals surface area contributed by atoms with E-state index in [1.54, 1.807) is 24.3 Å². The molecule has 1 heterocycles. The second-order valence-corrected chi connectivity index (χ2v) is 7.82. The molecule has 0 radical (unpaired) electrons. The first-order chi connectivity index (χ1) is 11.5. The van der Waals surface area contributed by atoms with Crippen molar-refractivity contribution in [1.29, 1.82) is 0 Å². The monoisotopic (exact) mass is 347 g/mol. The maximum Gasteiger partial charge on any atom is 0.243 e. The standard InChI is InChI=1S/C18H18FNO3S/c19-16-8-10-17(11-9-16)24(22,23)20-12-4-7-15(13-20)18(21)14-5-2-1-3-6-14/h1-3,5-6,8-11,15H,4,7,12-13H2. The SMILES string of the molecule is O=C(c1ccccc1)C1CCCN(S(=O)(=O)c2ccc(F)cc2)C1. The maximum atomic E-state index is 13.0. The number of Topliss-reactive ketones (excluding diaryl/α,β-unsaturated/α-hetero) is 1. The number of hydrogen-bond acceptors (Lipinski definition) is 3. The van der Waals surface area contributed by atoms with E-state index in [1.807, 2.05) is 6.07 Å². The lowest BCUT2D eigenvalue weighted by molar-refractivity contribution is 0.0872. The predicted molar refractivity (Wildman–Crippen MR) is 88.7 cm³/mol. The highest BCUT2D eigenvalue weighted by Crippen LogP contribution is 2.26. The molecule has 1 aliphatic rings. The first kappa shape index (κ1) is 16.8. The topological polar surface area (TPSA) is 54.5 Å². The molecule has 1 fully saturated rings. The van der Waals surface area contributed by atoms with E-state index in [9.17, 15) is 17.6 Å². The first-order valence-electron chi connectivity index (χ1n) is 7.83. The number of carbonyl (C=O) groups excluding carboxylic acids is 1. The summed E-state index contributed by atoms with van der Waals surface area (Å²) in [6, 6.07) is 13.7. The molecule has 0 aromatic heterocycles. The molecule has 1 unspecified atom stereocenters. The fraction of sp³-hybridized carbons (Fsp3) is 0.278. The summed E-state index contributed by atoms with van der Waals surface area (Å²) in [5, 5.41) is 0. The van der Waals surface area contributed by atoms with E-state index in [1.165, 1.54) is 16.4 Å². The Morgan fingerprint density at radius 3 is 2.38 bits per heavy atom.